The molecule has 0 aliphatic carbocycles. The lowest BCUT2D eigenvalue weighted by Gasteiger charge is -2.39. The average Bonchev–Trinajstić information content (AvgIpc) is 3.36. The van der Waals surface area contributed by atoms with Crippen molar-refractivity contribution < 1.29 is 0 Å². The van der Waals surface area contributed by atoms with Gasteiger partial charge in [-0.15, -0.1) is 0 Å². The molecule has 0 saturated carbocycles. The standard InChI is InChI=1S/C29H33N3/c1-22(27-15-7-12-24-11-5-6-14-29(24)27)31-19-25-20-32(21-26-13-8-17-30-26)18-16-28(25)23-9-3-2-4-10-23/h2-15,17,22,25,28,30-31H,16,18-21H2,1H3/t22-,25?,28?/m1/s1. The molecule has 3 aromatic carbocycles. The molecule has 0 bridgehead atoms. The molecule has 2 N–H and O–H groups in total. The van der Waals surface area contributed by atoms with Crippen molar-refractivity contribution in [2.24, 2.45) is 5.92 Å². The van der Waals surface area contributed by atoms with Crippen molar-refractivity contribution in [2.75, 3.05) is 19.6 Å². The second-order valence-corrected chi connectivity index (χ2v) is 9.19. The molecule has 32 heavy (non-hydrogen) atoms. The second kappa shape index (κ2) is 9.72. The van der Waals surface area contributed by atoms with E-state index in [0.29, 0.717) is 17.9 Å². The van der Waals surface area contributed by atoms with Gasteiger partial charge in [-0.2, -0.15) is 0 Å². The van der Waals surface area contributed by atoms with Gasteiger partial charge in [-0.1, -0.05) is 72.8 Å². The maximum Gasteiger partial charge on any atom is 0.0385 e. The summed E-state index contributed by atoms with van der Waals surface area (Å²) in [6.07, 6.45) is 3.23. The van der Waals surface area contributed by atoms with E-state index in [9.17, 15) is 0 Å². The van der Waals surface area contributed by atoms with Gasteiger partial charge in [0.2, 0.25) is 0 Å². The van der Waals surface area contributed by atoms with Crippen molar-refractivity contribution in [3.8, 4) is 0 Å². The minimum atomic E-state index is 0.316. The van der Waals surface area contributed by atoms with Crippen LogP contribution in [0.25, 0.3) is 10.8 Å². The lowest BCUT2D eigenvalue weighted by atomic mass is 9.80. The highest BCUT2D eigenvalue weighted by Crippen LogP contribution is 2.34. The number of benzene rings is 3. The minimum absolute atomic E-state index is 0.316. The Balaban J connectivity index is 1.32. The van der Waals surface area contributed by atoms with Crippen molar-refractivity contribution in [2.45, 2.75) is 31.8 Å². The molecule has 1 saturated heterocycles. The molecule has 1 aromatic heterocycles. The molecule has 4 aromatic rings. The van der Waals surface area contributed by atoms with E-state index in [-0.39, 0.29) is 0 Å². The van der Waals surface area contributed by atoms with Crippen LogP contribution in [0.1, 0.15) is 42.1 Å². The first-order chi connectivity index (χ1) is 15.8. The fraction of sp³-hybridized carbons (Fsp3) is 0.310. The lowest BCUT2D eigenvalue weighted by molar-refractivity contribution is 0.141. The Bertz CT molecular complexity index is 1110. The Morgan fingerprint density at radius 2 is 1.75 bits per heavy atom. The number of nitrogens with one attached hydrogen (secondary N) is 2. The summed E-state index contributed by atoms with van der Waals surface area (Å²) in [6, 6.07) is 31.1. The number of aromatic amines is 1. The van der Waals surface area contributed by atoms with Crippen molar-refractivity contribution in [1.29, 1.82) is 0 Å². The predicted molar refractivity (Wildman–Crippen MR) is 134 cm³/mol. The third-order valence-corrected chi connectivity index (χ3v) is 7.08. The first-order valence-corrected chi connectivity index (χ1v) is 11.9. The number of aromatic nitrogens is 1. The molecule has 1 aliphatic rings. The molecule has 3 nitrogen and oxygen atoms in total. The zero-order valence-corrected chi connectivity index (χ0v) is 18.9. The summed E-state index contributed by atoms with van der Waals surface area (Å²) < 4.78 is 0. The number of likely N-dealkylation sites (tertiary alicyclic amines) is 1. The van der Waals surface area contributed by atoms with E-state index < -0.39 is 0 Å². The van der Waals surface area contributed by atoms with E-state index in [1.165, 1.54) is 34.0 Å². The van der Waals surface area contributed by atoms with Crippen molar-refractivity contribution in [3.63, 3.8) is 0 Å². The largest absolute Gasteiger partial charge is 0.364 e. The van der Waals surface area contributed by atoms with Crippen molar-refractivity contribution in [1.82, 2.24) is 15.2 Å². The highest BCUT2D eigenvalue weighted by Gasteiger charge is 2.30. The fourth-order valence-corrected chi connectivity index (χ4v) is 5.37. The smallest absolute Gasteiger partial charge is 0.0385 e. The summed E-state index contributed by atoms with van der Waals surface area (Å²) in [6.45, 7) is 6.59. The van der Waals surface area contributed by atoms with Gasteiger partial charge in [0.05, 0.1) is 0 Å². The Morgan fingerprint density at radius 1 is 0.938 bits per heavy atom. The van der Waals surface area contributed by atoms with E-state index in [0.717, 1.165) is 26.2 Å². The molecule has 2 heterocycles. The number of H-pyrrole nitrogens is 1. The van der Waals surface area contributed by atoms with Crippen LogP contribution in [0, 0.1) is 5.92 Å². The van der Waals surface area contributed by atoms with Crippen LogP contribution < -0.4 is 5.32 Å². The molecular formula is C29H33N3. The molecule has 0 amide bonds. The van der Waals surface area contributed by atoms with Gasteiger partial charge in [0.15, 0.2) is 0 Å². The summed E-state index contributed by atoms with van der Waals surface area (Å²) in [5, 5.41) is 6.57. The summed E-state index contributed by atoms with van der Waals surface area (Å²) in [5.74, 6) is 1.18. The third-order valence-electron chi connectivity index (χ3n) is 7.08. The van der Waals surface area contributed by atoms with E-state index in [2.05, 4.69) is 107 Å². The van der Waals surface area contributed by atoms with Crippen LogP contribution in [0.3, 0.4) is 0 Å². The molecule has 2 unspecified atom stereocenters. The maximum absolute atomic E-state index is 3.91. The topological polar surface area (TPSA) is 31.1 Å². The van der Waals surface area contributed by atoms with Gasteiger partial charge in [-0.05, 0) is 65.8 Å². The summed E-state index contributed by atoms with van der Waals surface area (Å²) >= 11 is 0. The Kier molecular flexibility index (Phi) is 6.38. The summed E-state index contributed by atoms with van der Waals surface area (Å²) in [4.78, 5) is 5.98. The molecule has 0 radical (unpaired) electrons. The molecule has 1 fully saturated rings. The van der Waals surface area contributed by atoms with Gasteiger partial charge in [0, 0.05) is 37.6 Å². The van der Waals surface area contributed by atoms with E-state index in [1.54, 1.807) is 0 Å². The average molecular weight is 424 g/mol. The number of hydrogen-bond donors (Lipinski definition) is 2. The highest BCUT2D eigenvalue weighted by atomic mass is 15.1. The van der Waals surface area contributed by atoms with E-state index in [4.69, 9.17) is 0 Å². The second-order valence-electron chi connectivity index (χ2n) is 9.19. The number of nitrogens with zero attached hydrogens (tertiary/aromatic N) is 1. The van der Waals surface area contributed by atoms with Gasteiger partial charge in [-0.25, -0.2) is 0 Å². The van der Waals surface area contributed by atoms with Gasteiger partial charge in [-0.3, -0.25) is 4.90 Å². The minimum Gasteiger partial charge on any atom is -0.364 e. The Morgan fingerprint density at radius 3 is 2.59 bits per heavy atom. The maximum atomic E-state index is 3.91. The van der Waals surface area contributed by atoms with E-state index >= 15 is 0 Å². The van der Waals surface area contributed by atoms with Crippen LogP contribution in [0.2, 0.25) is 0 Å². The first kappa shape index (κ1) is 21.0. The van der Waals surface area contributed by atoms with Gasteiger partial charge >= 0.3 is 0 Å². The predicted octanol–water partition coefficient (Wildman–Crippen LogP) is 6.12. The SMILES string of the molecule is C[C@@H](NCC1CN(Cc2ccc[nH]2)CCC1c1ccccc1)c1cccc2ccccc12. The van der Waals surface area contributed by atoms with Crippen LogP contribution in [0.5, 0.6) is 0 Å². The molecular weight excluding hydrogens is 390 g/mol. The summed E-state index contributed by atoms with van der Waals surface area (Å²) in [7, 11) is 0. The van der Waals surface area contributed by atoms with Gasteiger partial charge in [0.25, 0.3) is 0 Å². The Labute approximate surface area is 191 Å². The Hall–Kier alpha value is -2.88. The molecule has 0 spiro atoms. The number of piperidine rings is 1. The number of hydrogen-bond acceptors (Lipinski definition) is 2. The normalized spacial score (nSPS) is 20.4. The first-order valence-electron chi connectivity index (χ1n) is 11.9. The monoisotopic (exact) mass is 423 g/mol. The lowest BCUT2D eigenvalue weighted by Crippen LogP contribution is -2.43. The molecule has 164 valence electrons. The molecule has 3 heteroatoms. The number of rotatable bonds is 7. The zero-order valence-electron chi connectivity index (χ0n) is 18.9. The van der Waals surface area contributed by atoms with Crippen molar-refractivity contribution >= 4 is 10.8 Å². The quantitative estimate of drug-likeness (QED) is 0.375. The highest BCUT2D eigenvalue weighted by molar-refractivity contribution is 5.86. The number of fused-ring (bicyclic) bond motifs is 1. The zero-order chi connectivity index (χ0) is 21.8. The van der Waals surface area contributed by atoms with Crippen LogP contribution in [-0.4, -0.2) is 29.5 Å². The van der Waals surface area contributed by atoms with Crippen LogP contribution in [-0.2, 0) is 6.54 Å². The fourth-order valence-electron chi connectivity index (χ4n) is 5.37. The van der Waals surface area contributed by atoms with Crippen LogP contribution in [0.15, 0.2) is 91.1 Å². The van der Waals surface area contributed by atoms with Gasteiger partial charge in [0.1, 0.15) is 0 Å². The van der Waals surface area contributed by atoms with E-state index in [1.807, 2.05) is 6.20 Å². The molecule has 3 atom stereocenters. The summed E-state index contributed by atoms with van der Waals surface area (Å²) in [5.41, 5.74) is 4.18. The molecule has 1 aliphatic heterocycles. The van der Waals surface area contributed by atoms with Gasteiger partial charge < -0.3 is 10.3 Å². The van der Waals surface area contributed by atoms with Crippen LogP contribution >= 0.6 is 0 Å². The molecule has 5 rings (SSSR count). The third kappa shape index (κ3) is 4.64. The van der Waals surface area contributed by atoms with Crippen LogP contribution in [0.4, 0.5) is 0 Å². The van der Waals surface area contributed by atoms with Crippen molar-refractivity contribution in [3.05, 3.63) is 108 Å².